The van der Waals surface area contributed by atoms with Crippen LogP contribution < -0.4 is 10.6 Å². The Morgan fingerprint density at radius 3 is 2.60 bits per heavy atom. The Hall–Kier alpha value is -3.91. The molecule has 0 spiro atoms. The van der Waals surface area contributed by atoms with Gasteiger partial charge in [-0.25, -0.2) is 9.37 Å². The van der Waals surface area contributed by atoms with Gasteiger partial charge in [0.1, 0.15) is 16.5 Å². The second kappa shape index (κ2) is 8.62. The van der Waals surface area contributed by atoms with Crippen LogP contribution in [-0.4, -0.2) is 21.8 Å². The average molecular weight is 418 g/mol. The van der Waals surface area contributed by atoms with E-state index in [-0.39, 0.29) is 17.1 Å². The van der Waals surface area contributed by atoms with Crippen LogP contribution in [0.2, 0.25) is 0 Å². The quantitative estimate of drug-likeness (QED) is 0.459. The summed E-state index contributed by atoms with van der Waals surface area (Å²) in [6.45, 7) is 0. The molecule has 148 valence electrons. The SMILES string of the molecule is O=C(/C=C/c1nc2ccccc2s1)Nc1cc(F)ccc1NC(=O)c1ccccn1. The van der Waals surface area contributed by atoms with Crippen LogP contribution >= 0.6 is 11.3 Å². The molecule has 0 saturated carbocycles. The Balaban J connectivity index is 1.49. The maximum Gasteiger partial charge on any atom is 0.274 e. The van der Waals surface area contributed by atoms with Crippen LogP contribution in [0, 0.1) is 5.82 Å². The van der Waals surface area contributed by atoms with Crippen LogP contribution in [0.1, 0.15) is 15.5 Å². The van der Waals surface area contributed by atoms with Gasteiger partial charge in [0, 0.05) is 12.3 Å². The van der Waals surface area contributed by atoms with Gasteiger partial charge in [0.05, 0.1) is 21.6 Å². The Morgan fingerprint density at radius 1 is 0.967 bits per heavy atom. The molecule has 0 aliphatic carbocycles. The maximum absolute atomic E-state index is 13.7. The minimum absolute atomic E-state index is 0.137. The molecule has 2 heterocycles. The molecule has 0 atom stereocenters. The molecular formula is C22H15FN4O2S. The van der Waals surface area contributed by atoms with Crippen molar-refractivity contribution in [2.75, 3.05) is 10.6 Å². The first-order chi connectivity index (χ1) is 14.6. The molecule has 0 radical (unpaired) electrons. The molecule has 8 heteroatoms. The van der Waals surface area contributed by atoms with Gasteiger partial charge in [0.2, 0.25) is 5.91 Å². The number of amides is 2. The summed E-state index contributed by atoms with van der Waals surface area (Å²) >= 11 is 1.46. The minimum Gasteiger partial charge on any atom is -0.321 e. The normalized spacial score (nSPS) is 11.0. The van der Waals surface area contributed by atoms with Gasteiger partial charge in [-0.2, -0.15) is 0 Å². The molecule has 30 heavy (non-hydrogen) atoms. The van der Waals surface area contributed by atoms with Gasteiger partial charge in [0.25, 0.3) is 5.91 Å². The zero-order valence-electron chi connectivity index (χ0n) is 15.5. The van der Waals surface area contributed by atoms with E-state index in [1.807, 2.05) is 24.3 Å². The third-order valence-corrected chi connectivity index (χ3v) is 5.07. The van der Waals surface area contributed by atoms with Gasteiger partial charge in [-0.3, -0.25) is 14.6 Å². The van der Waals surface area contributed by atoms with Crippen molar-refractivity contribution in [3.8, 4) is 0 Å². The molecule has 0 fully saturated rings. The van der Waals surface area contributed by atoms with Crippen molar-refractivity contribution in [2.45, 2.75) is 0 Å². The lowest BCUT2D eigenvalue weighted by Gasteiger charge is -2.11. The number of fused-ring (bicyclic) bond motifs is 1. The van der Waals surface area contributed by atoms with Crippen molar-refractivity contribution in [3.05, 3.63) is 89.5 Å². The Morgan fingerprint density at radius 2 is 1.80 bits per heavy atom. The summed E-state index contributed by atoms with van der Waals surface area (Å²) in [5.74, 6) is -1.49. The van der Waals surface area contributed by atoms with E-state index in [0.717, 1.165) is 16.3 Å². The molecule has 2 N–H and O–H groups in total. The number of aromatic nitrogens is 2. The van der Waals surface area contributed by atoms with E-state index in [1.165, 1.54) is 35.7 Å². The number of halogens is 1. The third-order valence-electron chi connectivity index (χ3n) is 4.07. The number of pyridine rings is 1. The standard InChI is InChI=1S/C22H15FN4O2S/c23-14-8-9-15(27-22(29)17-6-3-4-12-24-17)18(13-14)25-20(28)10-11-21-26-16-5-1-2-7-19(16)30-21/h1-13H,(H,25,28)(H,27,29)/b11-10+. The largest absolute Gasteiger partial charge is 0.321 e. The predicted octanol–water partition coefficient (Wildman–Crippen LogP) is 4.73. The van der Waals surface area contributed by atoms with E-state index >= 15 is 0 Å². The number of thiazole rings is 1. The first-order valence-electron chi connectivity index (χ1n) is 8.95. The van der Waals surface area contributed by atoms with E-state index in [0.29, 0.717) is 5.01 Å². The highest BCUT2D eigenvalue weighted by Crippen LogP contribution is 2.24. The van der Waals surface area contributed by atoms with Crippen LogP contribution in [0.15, 0.2) is 72.9 Å². The maximum atomic E-state index is 13.7. The van der Waals surface area contributed by atoms with Gasteiger partial charge in [-0.1, -0.05) is 18.2 Å². The highest BCUT2D eigenvalue weighted by atomic mass is 32.1. The molecule has 2 aromatic heterocycles. The Bertz CT molecular complexity index is 1220. The molecule has 2 aromatic carbocycles. The van der Waals surface area contributed by atoms with Crippen molar-refractivity contribution < 1.29 is 14.0 Å². The van der Waals surface area contributed by atoms with Crippen LogP contribution in [0.4, 0.5) is 15.8 Å². The molecule has 6 nitrogen and oxygen atoms in total. The molecule has 4 rings (SSSR count). The average Bonchev–Trinajstić information content (AvgIpc) is 3.18. The third kappa shape index (κ3) is 4.56. The number of carbonyl (C=O) groups excluding carboxylic acids is 2. The second-order valence-electron chi connectivity index (χ2n) is 6.20. The fourth-order valence-electron chi connectivity index (χ4n) is 2.70. The number of anilines is 2. The van der Waals surface area contributed by atoms with Crippen molar-refractivity contribution in [1.29, 1.82) is 0 Å². The molecule has 2 amide bonds. The van der Waals surface area contributed by atoms with Gasteiger partial charge in [-0.15, -0.1) is 11.3 Å². The lowest BCUT2D eigenvalue weighted by Crippen LogP contribution is -2.16. The monoisotopic (exact) mass is 418 g/mol. The van der Waals surface area contributed by atoms with Crippen LogP contribution in [0.25, 0.3) is 16.3 Å². The highest BCUT2D eigenvalue weighted by Gasteiger charge is 2.12. The molecule has 0 unspecified atom stereocenters. The van der Waals surface area contributed by atoms with E-state index in [2.05, 4.69) is 20.6 Å². The van der Waals surface area contributed by atoms with Crippen molar-refractivity contribution >= 4 is 50.8 Å². The van der Waals surface area contributed by atoms with Gasteiger partial charge >= 0.3 is 0 Å². The second-order valence-corrected chi connectivity index (χ2v) is 7.26. The number of nitrogens with zero attached hydrogens (tertiary/aromatic N) is 2. The van der Waals surface area contributed by atoms with Crippen LogP contribution in [-0.2, 0) is 4.79 Å². The highest BCUT2D eigenvalue weighted by molar-refractivity contribution is 7.19. The summed E-state index contributed by atoms with van der Waals surface area (Å²) in [5.41, 5.74) is 1.45. The smallest absolute Gasteiger partial charge is 0.274 e. The number of para-hydroxylation sites is 1. The topological polar surface area (TPSA) is 84.0 Å². The number of hydrogen-bond acceptors (Lipinski definition) is 5. The fourth-order valence-corrected chi connectivity index (χ4v) is 3.57. The first-order valence-corrected chi connectivity index (χ1v) is 9.77. The van der Waals surface area contributed by atoms with Crippen LogP contribution in [0.3, 0.4) is 0 Å². The summed E-state index contributed by atoms with van der Waals surface area (Å²) in [5, 5.41) is 5.90. The van der Waals surface area contributed by atoms with Crippen molar-refractivity contribution in [1.82, 2.24) is 9.97 Å². The van der Waals surface area contributed by atoms with Gasteiger partial charge in [0.15, 0.2) is 0 Å². The Labute approximate surface area is 175 Å². The lowest BCUT2D eigenvalue weighted by atomic mass is 10.2. The Kier molecular flexibility index (Phi) is 5.58. The number of rotatable bonds is 5. The summed E-state index contributed by atoms with van der Waals surface area (Å²) < 4.78 is 14.7. The summed E-state index contributed by atoms with van der Waals surface area (Å²) in [4.78, 5) is 33.1. The summed E-state index contributed by atoms with van der Waals surface area (Å²) in [6, 6.07) is 16.3. The van der Waals surface area contributed by atoms with Crippen LogP contribution in [0.5, 0.6) is 0 Å². The zero-order valence-corrected chi connectivity index (χ0v) is 16.3. The molecule has 4 aromatic rings. The van der Waals surface area contributed by atoms with E-state index in [4.69, 9.17) is 0 Å². The lowest BCUT2D eigenvalue weighted by molar-refractivity contribution is -0.111. The fraction of sp³-hybridized carbons (Fsp3) is 0. The number of benzene rings is 2. The zero-order chi connectivity index (χ0) is 20.9. The van der Waals surface area contributed by atoms with Crippen molar-refractivity contribution in [2.24, 2.45) is 0 Å². The van der Waals surface area contributed by atoms with E-state index in [9.17, 15) is 14.0 Å². The number of nitrogens with one attached hydrogen (secondary N) is 2. The first kappa shape index (κ1) is 19.4. The van der Waals surface area contributed by atoms with E-state index < -0.39 is 17.6 Å². The summed E-state index contributed by atoms with van der Waals surface area (Å²) in [6.07, 6.45) is 4.40. The number of carbonyl (C=O) groups is 2. The predicted molar refractivity (Wildman–Crippen MR) is 116 cm³/mol. The number of hydrogen-bond donors (Lipinski definition) is 2. The summed E-state index contributed by atoms with van der Waals surface area (Å²) in [7, 11) is 0. The molecule has 0 aliphatic heterocycles. The minimum atomic E-state index is -0.545. The van der Waals surface area contributed by atoms with E-state index in [1.54, 1.807) is 24.3 Å². The van der Waals surface area contributed by atoms with Gasteiger partial charge in [-0.05, 0) is 48.5 Å². The molecule has 0 saturated heterocycles. The molecule has 0 aliphatic rings. The molecular weight excluding hydrogens is 403 g/mol. The van der Waals surface area contributed by atoms with Gasteiger partial charge < -0.3 is 10.6 Å². The van der Waals surface area contributed by atoms with Crippen molar-refractivity contribution in [3.63, 3.8) is 0 Å². The molecule has 0 bridgehead atoms.